The van der Waals surface area contributed by atoms with Crippen molar-refractivity contribution in [3.63, 3.8) is 0 Å². The second kappa shape index (κ2) is 8.91. The Morgan fingerprint density at radius 2 is 1.90 bits per heavy atom. The van der Waals surface area contributed by atoms with Crippen molar-refractivity contribution in [1.29, 1.82) is 0 Å². The molecule has 2 heterocycles. The molecule has 0 saturated carbocycles. The summed E-state index contributed by atoms with van der Waals surface area (Å²) in [6.07, 6.45) is 3.41. The Bertz CT molecular complexity index is 1310. The van der Waals surface area contributed by atoms with Gasteiger partial charge in [-0.3, -0.25) is 4.79 Å². The van der Waals surface area contributed by atoms with Gasteiger partial charge in [0.05, 0.1) is 27.3 Å². The van der Waals surface area contributed by atoms with E-state index in [2.05, 4.69) is 27.3 Å². The lowest BCUT2D eigenvalue weighted by atomic mass is 10.2. The number of rotatable bonds is 6. The molecule has 0 radical (unpaired) electrons. The van der Waals surface area contributed by atoms with Gasteiger partial charge >= 0.3 is 0 Å². The van der Waals surface area contributed by atoms with Crippen LogP contribution in [0.2, 0.25) is 10.0 Å². The minimum Gasteiger partial charge on any atom is -0.383 e. The maximum atomic E-state index is 12.9. The van der Waals surface area contributed by atoms with Crippen molar-refractivity contribution in [3.8, 4) is 0 Å². The number of halogens is 2. The highest BCUT2D eigenvalue weighted by atomic mass is 35.5. The van der Waals surface area contributed by atoms with Crippen LogP contribution in [0.25, 0.3) is 22.2 Å². The van der Waals surface area contributed by atoms with Crippen molar-refractivity contribution in [2.24, 2.45) is 5.10 Å². The van der Waals surface area contributed by atoms with Crippen molar-refractivity contribution in [2.45, 2.75) is 19.8 Å². The summed E-state index contributed by atoms with van der Waals surface area (Å²) in [7, 11) is 0. The van der Waals surface area contributed by atoms with E-state index < -0.39 is 0 Å². The number of amides is 1. The lowest BCUT2D eigenvalue weighted by molar-refractivity contribution is 0.0955. The van der Waals surface area contributed by atoms with Gasteiger partial charge < -0.3 is 11.1 Å². The minimum absolute atomic E-state index is 0.163. The number of aromatic nitrogens is 3. The van der Waals surface area contributed by atoms with Crippen molar-refractivity contribution in [3.05, 3.63) is 63.6 Å². The summed E-state index contributed by atoms with van der Waals surface area (Å²) in [6.45, 7) is 2.61. The molecule has 158 valence electrons. The molecule has 0 aliphatic rings. The number of hydrogen-bond donors (Lipinski definition) is 2. The number of nitrogens with two attached hydrogens (primary N) is 1. The lowest BCUT2D eigenvalue weighted by Crippen LogP contribution is -2.25. The summed E-state index contributed by atoms with van der Waals surface area (Å²) in [5, 5.41) is 8.23. The first-order valence-corrected chi connectivity index (χ1v) is 10.6. The third kappa shape index (κ3) is 4.19. The summed E-state index contributed by atoms with van der Waals surface area (Å²) < 4.78 is 1.42. The van der Waals surface area contributed by atoms with E-state index in [1.54, 1.807) is 24.4 Å². The second-order valence-electron chi connectivity index (χ2n) is 6.98. The molecule has 3 N–H and O–H groups in total. The SMILES string of the molecule is CCCCNC(=O)c1c(N)n(/N=C/c2ccc(Cl)c(Cl)c2)c2nc3ccccc3nc12. The lowest BCUT2D eigenvalue weighted by Gasteiger charge is -2.04. The number of benzene rings is 2. The fourth-order valence-electron chi connectivity index (χ4n) is 3.17. The van der Waals surface area contributed by atoms with Crippen LogP contribution in [0.3, 0.4) is 0 Å². The highest BCUT2D eigenvalue weighted by Gasteiger charge is 2.23. The summed E-state index contributed by atoms with van der Waals surface area (Å²) in [6, 6.07) is 12.6. The molecule has 2 aromatic heterocycles. The van der Waals surface area contributed by atoms with Gasteiger partial charge in [-0.2, -0.15) is 9.78 Å². The average molecular weight is 455 g/mol. The molecule has 0 spiro atoms. The molecular weight excluding hydrogens is 435 g/mol. The molecule has 0 atom stereocenters. The second-order valence-corrected chi connectivity index (χ2v) is 7.80. The maximum absolute atomic E-state index is 12.9. The monoisotopic (exact) mass is 454 g/mol. The van der Waals surface area contributed by atoms with E-state index in [0.717, 1.165) is 18.4 Å². The zero-order valence-electron chi connectivity index (χ0n) is 16.8. The first kappa shape index (κ1) is 21.1. The molecule has 0 fully saturated rings. The van der Waals surface area contributed by atoms with E-state index in [1.807, 2.05) is 24.3 Å². The number of unbranched alkanes of at least 4 members (excludes halogenated alkanes) is 1. The Hall–Kier alpha value is -3.16. The molecule has 1 amide bonds. The van der Waals surface area contributed by atoms with E-state index in [4.69, 9.17) is 28.9 Å². The summed E-state index contributed by atoms with van der Waals surface area (Å²) in [5.41, 5.74) is 9.49. The van der Waals surface area contributed by atoms with E-state index in [9.17, 15) is 4.79 Å². The van der Waals surface area contributed by atoms with Gasteiger partial charge in [0.1, 0.15) is 16.9 Å². The number of carbonyl (C=O) groups excluding carboxylic acids is 1. The number of para-hydroxylation sites is 2. The van der Waals surface area contributed by atoms with Gasteiger partial charge in [0.2, 0.25) is 0 Å². The van der Waals surface area contributed by atoms with Gasteiger partial charge in [0.25, 0.3) is 5.91 Å². The van der Waals surface area contributed by atoms with E-state index in [1.165, 1.54) is 4.68 Å². The molecule has 2 aromatic carbocycles. The van der Waals surface area contributed by atoms with Crippen LogP contribution < -0.4 is 11.1 Å². The zero-order valence-corrected chi connectivity index (χ0v) is 18.3. The van der Waals surface area contributed by atoms with Crippen molar-refractivity contribution >= 4 is 63.3 Å². The van der Waals surface area contributed by atoms with Crippen molar-refractivity contribution in [2.75, 3.05) is 12.3 Å². The smallest absolute Gasteiger partial charge is 0.257 e. The van der Waals surface area contributed by atoms with Crippen LogP contribution in [0.5, 0.6) is 0 Å². The third-order valence-corrected chi connectivity index (χ3v) is 5.52. The molecule has 0 unspecified atom stereocenters. The topological polar surface area (TPSA) is 98.2 Å². The Morgan fingerprint density at radius 3 is 2.61 bits per heavy atom. The Balaban J connectivity index is 1.86. The van der Waals surface area contributed by atoms with Crippen LogP contribution in [0.4, 0.5) is 5.82 Å². The Labute approximate surface area is 188 Å². The fourth-order valence-corrected chi connectivity index (χ4v) is 3.48. The number of nitrogens with one attached hydrogen (secondary N) is 1. The van der Waals surface area contributed by atoms with E-state index >= 15 is 0 Å². The van der Waals surface area contributed by atoms with Crippen LogP contribution >= 0.6 is 23.2 Å². The van der Waals surface area contributed by atoms with Gasteiger partial charge in [-0.1, -0.05) is 54.7 Å². The normalized spacial score (nSPS) is 11.6. The predicted octanol–water partition coefficient (Wildman–Crippen LogP) is 4.89. The van der Waals surface area contributed by atoms with Gasteiger partial charge in [0, 0.05) is 6.54 Å². The predicted molar refractivity (Wildman–Crippen MR) is 126 cm³/mol. The quantitative estimate of drug-likeness (QED) is 0.320. The number of nitrogen functional groups attached to an aromatic ring is 1. The van der Waals surface area contributed by atoms with E-state index in [-0.39, 0.29) is 17.3 Å². The minimum atomic E-state index is -0.302. The van der Waals surface area contributed by atoms with Gasteiger partial charge in [-0.25, -0.2) is 9.97 Å². The van der Waals surface area contributed by atoms with Gasteiger partial charge in [-0.15, -0.1) is 0 Å². The molecule has 0 aliphatic carbocycles. The highest BCUT2D eigenvalue weighted by molar-refractivity contribution is 6.42. The van der Waals surface area contributed by atoms with Crippen molar-refractivity contribution in [1.82, 2.24) is 20.0 Å². The van der Waals surface area contributed by atoms with Crippen LogP contribution in [0.15, 0.2) is 47.6 Å². The molecule has 0 bridgehead atoms. The summed E-state index contributed by atoms with van der Waals surface area (Å²) in [5.74, 6) is -0.139. The first-order chi connectivity index (χ1) is 15.0. The Morgan fingerprint density at radius 1 is 1.16 bits per heavy atom. The molecule has 9 heteroatoms. The number of anilines is 1. The molecular formula is C22H20Cl2N6O. The maximum Gasteiger partial charge on any atom is 0.257 e. The third-order valence-electron chi connectivity index (χ3n) is 4.78. The standard InChI is InChI=1S/C22H20Cl2N6O/c1-2-3-10-26-22(31)18-19-21(29-17-7-5-4-6-16(17)28-19)30(20(18)25)27-12-13-8-9-14(23)15(24)11-13/h4-9,11-12H,2-3,10,25H2,1H3,(H,26,31)/b27-12+. The first-order valence-electron chi connectivity index (χ1n) is 9.84. The van der Waals surface area contributed by atoms with Crippen LogP contribution in [-0.4, -0.2) is 33.3 Å². The van der Waals surface area contributed by atoms with Crippen molar-refractivity contribution < 1.29 is 4.79 Å². The Kier molecular flexibility index (Phi) is 6.06. The summed E-state index contributed by atoms with van der Waals surface area (Å²) >= 11 is 12.1. The average Bonchev–Trinajstić information content (AvgIpc) is 3.03. The van der Waals surface area contributed by atoms with Gasteiger partial charge in [-0.05, 0) is 36.2 Å². The number of nitrogens with zero attached hydrogens (tertiary/aromatic N) is 4. The molecule has 0 saturated heterocycles. The molecule has 0 aliphatic heterocycles. The number of carbonyl (C=O) groups is 1. The zero-order chi connectivity index (χ0) is 22.0. The van der Waals surface area contributed by atoms with Crippen LogP contribution in [-0.2, 0) is 0 Å². The highest BCUT2D eigenvalue weighted by Crippen LogP contribution is 2.28. The summed E-state index contributed by atoms with van der Waals surface area (Å²) in [4.78, 5) is 22.2. The number of hydrogen-bond acceptors (Lipinski definition) is 5. The molecule has 7 nitrogen and oxygen atoms in total. The molecule has 4 aromatic rings. The van der Waals surface area contributed by atoms with E-state index in [0.29, 0.717) is 38.8 Å². The van der Waals surface area contributed by atoms with Crippen LogP contribution in [0, 0.1) is 0 Å². The number of fused-ring (bicyclic) bond motifs is 2. The van der Waals surface area contributed by atoms with Gasteiger partial charge in [0.15, 0.2) is 5.65 Å². The van der Waals surface area contributed by atoms with Crippen LogP contribution in [0.1, 0.15) is 35.7 Å². The largest absolute Gasteiger partial charge is 0.383 e. The fraction of sp³-hybridized carbons (Fsp3) is 0.182. The molecule has 4 rings (SSSR count). The molecule has 31 heavy (non-hydrogen) atoms.